The molecular formula is C23H29N3O4. The maximum atomic E-state index is 12.7. The van der Waals surface area contributed by atoms with E-state index < -0.39 is 0 Å². The third-order valence-electron chi connectivity index (χ3n) is 6.34. The van der Waals surface area contributed by atoms with Crippen LogP contribution in [0.2, 0.25) is 0 Å². The van der Waals surface area contributed by atoms with E-state index in [1.165, 1.54) is 4.68 Å². The molecule has 2 aromatic rings. The highest BCUT2D eigenvalue weighted by molar-refractivity contribution is 5.75. The van der Waals surface area contributed by atoms with Gasteiger partial charge in [0.25, 0.3) is 5.56 Å². The Morgan fingerprint density at radius 1 is 1.20 bits per heavy atom. The first-order valence-electron chi connectivity index (χ1n) is 10.7. The molecule has 1 N–H and O–H groups in total. The van der Waals surface area contributed by atoms with Crippen molar-refractivity contribution in [3.63, 3.8) is 0 Å². The number of carbonyl (C=O) groups is 1. The summed E-state index contributed by atoms with van der Waals surface area (Å²) < 4.78 is 12.1. The van der Waals surface area contributed by atoms with Crippen LogP contribution in [0.5, 0.6) is 5.75 Å². The highest BCUT2D eigenvalue weighted by Crippen LogP contribution is 2.35. The van der Waals surface area contributed by atoms with Crippen molar-refractivity contribution >= 4 is 5.91 Å². The first-order valence-corrected chi connectivity index (χ1v) is 10.7. The van der Waals surface area contributed by atoms with Crippen LogP contribution in [-0.2, 0) is 34.3 Å². The molecule has 1 aliphatic carbocycles. The summed E-state index contributed by atoms with van der Waals surface area (Å²) in [5.74, 6) is 0.614. The number of benzene rings is 1. The minimum absolute atomic E-state index is 0.0543. The zero-order chi connectivity index (χ0) is 21.0. The van der Waals surface area contributed by atoms with Gasteiger partial charge >= 0.3 is 0 Å². The van der Waals surface area contributed by atoms with Gasteiger partial charge in [-0.25, -0.2) is 4.68 Å². The number of fused-ring (bicyclic) bond motifs is 1. The predicted octanol–water partition coefficient (Wildman–Crippen LogP) is 2.00. The van der Waals surface area contributed by atoms with Crippen molar-refractivity contribution < 1.29 is 14.3 Å². The summed E-state index contributed by atoms with van der Waals surface area (Å²) in [6.45, 7) is 1.77. The average molecular weight is 412 g/mol. The molecule has 1 saturated heterocycles. The number of methoxy groups -OCH3 is 1. The average Bonchev–Trinajstić information content (AvgIpc) is 2.79. The van der Waals surface area contributed by atoms with Crippen LogP contribution in [0, 0.1) is 0 Å². The number of hydrogen-bond acceptors (Lipinski definition) is 5. The third-order valence-corrected chi connectivity index (χ3v) is 6.34. The van der Waals surface area contributed by atoms with Crippen LogP contribution in [0.1, 0.15) is 42.5 Å². The van der Waals surface area contributed by atoms with Gasteiger partial charge in [0.15, 0.2) is 0 Å². The van der Waals surface area contributed by atoms with Crippen molar-refractivity contribution in [2.45, 2.75) is 50.5 Å². The van der Waals surface area contributed by atoms with E-state index in [2.05, 4.69) is 22.5 Å². The second kappa shape index (κ2) is 9.00. The van der Waals surface area contributed by atoms with E-state index in [-0.39, 0.29) is 23.4 Å². The van der Waals surface area contributed by atoms with Gasteiger partial charge in [-0.05, 0) is 61.8 Å². The highest BCUT2D eigenvalue weighted by atomic mass is 16.5. The normalized spacial score (nSPS) is 17.8. The van der Waals surface area contributed by atoms with Crippen LogP contribution in [0.15, 0.2) is 35.1 Å². The molecule has 0 atom stereocenters. The molecule has 2 aliphatic rings. The van der Waals surface area contributed by atoms with Gasteiger partial charge in [0, 0.05) is 31.2 Å². The first-order chi connectivity index (χ1) is 14.6. The number of rotatable bonds is 6. The molecule has 160 valence electrons. The molecule has 0 radical (unpaired) electrons. The van der Waals surface area contributed by atoms with Crippen LogP contribution < -0.4 is 15.6 Å². The Kier molecular flexibility index (Phi) is 6.18. The van der Waals surface area contributed by atoms with Gasteiger partial charge in [0.05, 0.1) is 12.8 Å². The van der Waals surface area contributed by atoms with Crippen molar-refractivity contribution in [3.8, 4) is 5.75 Å². The molecule has 0 bridgehead atoms. The van der Waals surface area contributed by atoms with E-state index in [9.17, 15) is 9.59 Å². The summed E-state index contributed by atoms with van der Waals surface area (Å²) in [6, 6.07) is 9.67. The Hall–Kier alpha value is -2.67. The zero-order valence-corrected chi connectivity index (χ0v) is 17.5. The van der Waals surface area contributed by atoms with E-state index in [1.807, 2.05) is 12.1 Å². The quantitative estimate of drug-likeness (QED) is 0.786. The fraction of sp³-hybridized carbons (Fsp3) is 0.522. The van der Waals surface area contributed by atoms with Gasteiger partial charge in [0.1, 0.15) is 12.3 Å². The fourth-order valence-corrected chi connectivity index (χ4v) is 4.45. The van der Waals surface area contributed by atoms with Crippen LogP contribution >= 0.6 is 0 Å². The van der Waals surface area contributed by atoms with Crippen LogP contribution in [0.25, 0.3) is 0 Å². The molecular weight excluding hydrogens is 382 g/mol. The molecule has 1 aromatic heterocycles. The molecule has 7 nitrogen and oxygen atoms in total. The van der Waals surface area contributed by atoms with Crippen molar-refractivity contribution in [2.75, 3.05) is 26.9 Å². The molecule has 1 aliphatic heterocycles. The Labute approximate surface area is 176 Å². The van der Waals surface area contributed by atoms with Gasteiger partial charge in [0.2, 0.25) is 5.91 Å². The van der Waals surface area contributed by atoms with E-state index >= 15 is 0 Å². The summed E-state index contributed by atoms with van der Waals surface area (Å²) in [5.41, 5.74) is 2.75. The predicted molar refractivity (Wildman–Crippen MR) is 113 cm³/mol. The van der Waals surface area contributed by atoms with E-state index in [1.54, 1.807) is 13.2 Å². The number of amides is 1. The molecule has 1 fully saturated rings. The Morgan fingerprint density at radius 2 is 1.93 bits per heavy atom. The SMILES string of the molecule is COc1ccc(C2(CNC(=O)Cn3nc4c(cc3=O)CCCC4)CCOCC2)cc1. The molecule has 1 amide bonds. The van der Waals surface area contributed by atoms with Crippen molar-refractivity contribution in [1.29, 1.82) is 0 Å². The topological polar surface area (TPSA) is 82.5 Å². The van der Waals surface area contributed by atoms with E-state index in [0.717, 1.165) is 61.1 Å². The van der Waals surface area contributed by atoms with E-state index in [0.29, 0.717) is 19.8 Å². The largest absolute Gasteiger partial charge is 0.497 e. The summed E-state index contributed by atoms with van der Waals surface area (Å²) in [6.07, 6.45) is 5.61. The molecule has 30 heavy (non-hydrogen) atoms. The molecule has 7 heteroatoms. The smallest absolute Gasteiger partial charge is 0.267 e. The van der Waals surface area contributed by atoms with Crippen LogP contribution in [0.3, 0.4) is 0 Å². The molecule has 4 rings (SSSR count). The monoisotopic (exact) mass is 411 g/mol. The van der Waals surface area contributed by atoms with Gasteiger partial charge in [-0.1, -0.05) is 12.1 Å². The summed E-state index contributed by atoms with van der Waals surface area (Å²) >= 11 is 0. The molecule has 1 aromatic carbocycles. The summed E-state index contributed by atoms with van der Waals surface area (Å²) in [7, 11) is 1.65. The van der Waals surface area contributed by atoms with Gasteiger partial charge < -0.3 is 14.8 Å². The Balaban J connectivity index is 1.46. The van der Waals surface area contributed by atoms with Crippen LogP contribution in [0.4, 0.5) is 0 Å². The minimum atomic E-state index is -0.207. The fourth-order valence-electron chi connectivity index (χ4n) is 4.45. The number of ether oxygens (including phenoxy) is 2. The number of aromatic nitrogens is 2. The zero-order valence-electron chi connectivity index (χ0n) is 17.5. The van der Waals surface area contributed by atoms with Crippen molar-refractivity contribution in [1.82, 2.24) is 15.1 Å². The second-order valence-electron chi connectivity index (χ2n) is 8.22. The number of aryl methyl sites for hydroxylation is 2. The molecule has 0 saturated carbocycles. The first kappa shape index (κ1) is 20.6. The second-order valence-corrected chi connectivity index (χ2v) is 8.22. The summed E-state index contributed by atoms with van der Waals surface area (Å²) in [4.78, 5) is 25.1. The minimum Gasteiger partial charge on any atom is -0.497 e. The number of nitrogens with one attached hydrogen (secondary N) is 1. The third kappa shape index (κ3) is 4.41. The lowest BCUT2D eigenvalue weighted by atomic mass is 9.74. The number of carbonyl (C=O) groups excluding carboxylic acids is 1. The number of nitrogens with zero attached hydrogens (tertiary/aromatic N) is 2. The summed E-state index contributed by atoms with van der Waals surface area (Å²) in [5, 5.41) is 7.50. The van der Waals surface area contributed by atoms with E-state index in [4.69, 9.17) is 9.47 Å². The van der Waals surface area contributed by atoms with Crippen molar-refractivity contribution in [3.05, 3.63) is 57.5 Å². The maximum Gasteiger partial charge on any atom is 0.267 e. The number of hydrogen-bond donors (Lipinski definition) is 1. The molecule has 0 unspecified atom stereocenters. The lowest BCUT2D eigenvalue weighted by molar-refractivity contribution is -0.122. The Bertz CT molecular complexity index is 946. The highest BCUT2D eigenvalue weighted by Gasteiger charge is 2.35. The standard InChI is InChI=1S/C23H29N3O4/c1-29-19-8-6-18(7-9-19)23(10-12-30-13-11-23)16-24-21(27)15-26-22(28)14-17-4-2-3-5-20(17)25-26/h6-9,14H,2-5,10-13,15-16H2,1H3,(H,24,27). The maximum absolute atomic E-state index is 12.7. The van der Waals surface area contributed by atoms with Gasteiger partial charge in [-0.15, -0.1) is 0 Å². The van der Waals surface area contributed by atoms with Crippen molar-refractivity contribution in [2.24, 2.45) is 0 Å². The lowest BCUT2D eigenvalue weighted by Crippen LogP contribution is -2.46. The lowest BCUT2D eigenvalue weighted by Gasteiger charge is -2.38. The molecule has 2 heterocycles. The van der Waals surface area contributed by atoms with Crippen LogP contribution in [-0.4, -0.2) is 42.6 Å². The van der Waals surface area contributed by atoms with Gasteiger partial charge in [-0.2, -0.15) is 5.10 Å². The van der Waals surface area contributed by atoms with Gasteiger partial charge in [-0.3, -0.25) is 9.59 Å². The molecule has 0 spiro atoms. The Morgan fingerprint density at radius 3 is 2.67 bits per heavy atom.